The lowest BCUT2D eigenvalue weighted by molar-refractivity contribution is -0.123. The van der Waals surface area contributed by atoms with E-state index >= 15 is 0 Å². The van der Waals surface area contributed by atoms with Crippen molar-refractivity contribution < 1.29 is 14.3 Å². The number of hydrogen-bond acceptors (Lipinski definition) is 4. The van der Waals surface area contributed by atoms with E-state index in [1.54, 1.807) is 6.21 Å². The minimum Gasteiger partial charge on any atom is -0.494 e. The van der Waals surface area contributed by atoms with Crippen LogP contribution in [0.25, 0.3) is 0 Å². The van der Waals surface area contributed by atoms with Gasteiger partial charge in [0.25, 0.3) is 5.91 Å². The number of hydrazone groups is 1. The maximum absolute atomic E-state index is 11.7. The summed E-state index contributed by atoms with van der Waals surface area (Å²) in [5.41, 5.74) is 3.33. The molecule has 0 heterocycles. The Morgan fingerprint density at radius 3 is 2.38 bits per heavy atom. The van der Waals surface area contributed by atoms with Crippen molar-refractivity contribution in [1.29, 1.82) is 0 Å². The standard InChI is InChI=1S/C20H23IN2O3/c1-2-3-4-13-25-18-9-5-16(6-10-18)14-22-23-20(24)15-26-19-11-7-17(21)8-12-19/h5-12,14H,2-4,13,15H2,1H3,(H,23,24)/b22-14+. The molecular formula is C20H23IN2O3. The van der Waals surface area contributed by atoms with E-state index in [4.69, 9.17) is 9.47 Å². The topological polar surface area (TPSA) is 59.9 Å². The number of nitrogens with one attached hydrogen (secondary N) is 1. The fourth-order valence-electron chi connectivity index (χ4n) is 2.08. The van der Waals surface area contributed by atoms with Gasteiger partial charge >= 0.3 is 0 Å². The van der Waals surface area contributed by atoms with Crippen molar-refractivity contribution >= 4 is 34.7 Å². The fraction of sp³-hybridized carbons (Fsp3) is 0.300. The Morgan fingerprint density at radius 1 is 1.04 bits per heavy atom. The van der Waals surface area contributed by atoms with Crippen molar-refractivity contribution in [1.82, 2.24) is 5.43 Å². The first kappa shape index (κ1) is 20.2. The molecule has 2 aromatic carbocycles. The van der Waals surface area contributed by atoms with Gasteiger partial charge in [0.05, 0.1) is 12.8 Å². The first-order valence-corrected chi connectivity index (χ1v) is 9.68. The van der Waals surface area contributed by atoms with Crippen LogP contribution in [0.3, 0.4) is 0 Å². The molecule has 0 saturated heterocycles. The van der Waals surface area contributed by atoms with Crippen molar-refractivity contribution in [2.75, 3.05) is 13.2 Å². The van der Waals surface area contributed by atoms with Crippen LogP contribution in [0, 0.1) is 3.57 Å². The van der Waals surface area contributed by atoms with Crippen LogP contribution in [0.5, 0.6) is 11.5 Å². The van der Waals surface area contributed by atoms with E-state index in [2.05, 4.69) is 40.0 Å². The Morgan fingerprint density at radius 2 is 1.69 bits per heavy atom. The highest BCUT2D eigenvalue weighted by Crippen LogP contribution is 2.13. The lowest BCUT2D eigenvalue weighted by Gasteiger charge is -2.06. The molecule has 0 radical (unpaired) electrons. The maximum atomic E-state index is 11.7. The third kappa shape index (κ3) is 7.86. The molecule has 0 aliphatic carbocycles. The molecule has 0 saturated carbocycles. The molecule has 0 aromatic heterocycles. The van der Waals surface area contributed by atoms with Crippen LogP contribution in [0.15, 0.2) is 53.6 Å². The Kier molecular flexibility index (Phi) is 8.95. The summed E-state index contributed by atoms with van der Waals surface area (Å²) in [6.45, 7) is 2.82. The zero-order chi connectivity index (χ0) is 18.6. The molecule has 0 fully saturated rings. The van der Waals surface area contributed by atoms with Gasteiger partial charge in [-0.05, 0) is 83.1 Å². The van der Waals surface area contributed by atoms with E-state index in [9.17, 15) is 4.79 Å². The van der Waals surface area contributed by atoms with Gasteiger partial charge in [0.2, 0.25) is 0 Å². The van der Waals surface area contributed by atoms with Crippen LogP contribution in [-0.4, -0.2) is 25.3 Å². The van der Waals surface area contributed by atoms with Crippen LogP contribution in [-0.2, 0) is 4.79 Å². The lowest BCUT2D eigenvalue weighted by Crippen LogP contribution is -2.24. The van der Waals surface area contributed by atoms with E-state index in [0.29, 0.717) is 5.75 Å². The van der Waals surface area contributed by atoms with Gasteiger partial charge in [-0.1, -0.05) is 19.8 Å². The van der Waals surface area contributed by atoms with Crippen molar-refractivity contribution in [3.05, 3.63) is 57.7 Å². The average molecular weight is 466 g/mol. The van der Waals surface area contributed by atoms with Gasteiger partial charge < -0.3 is 9.47 Å². The minimum atomic E-state index is -0.310. The molecule has 0 spiro atoms. The Labute approximate surface area is 167 Å². The second-order valence-corrected chi connectivity index (χ2v) is 6.91. The Hall–Kier alpha value is -2.09. The molecular weight excluding hydrogens is 443 g/mol. The number of hydrogen-bond donors (Lipinski definition) is 1. The number of rotatable bonds is 10. The highest BCUT2D eigenvalue weighted by atomic mass is 127. The van der Waals surface area contributed by atoms with Crippen LogP contribution < -0.4 is 14.9 Å². The van der Waals surface area contributed by atoms with Crippen LogP contribution in [0.2, 0.25) is 0 Å². The van der Waals surface area contributed by atoms with E-state index in [0.717, 1.165) is 27.9 Å². The molecule has 6 heteroatoms. The number of carbonyl (C=O) groups excluding carboxylic acids is 1. The molecule has 1 amide bonds. The van der Waals surface area contributed by atoms with Crippen molar-refractivity contribution in [3.8, 4) is 11.5 Å². The molecule has 0 aliphatic heterocycles. The zero-order valence-electron chi connectivity index (χ0n) is 14.8. The van der Waals surface area contributed by atoms with E-state index < -0.39 is 0 Å². The van der Waals surface area contributed by atoms with Gasteiger partial charge in [-0.3, -0.25) is 4.79 Å². The number of amides is 1. The Bertz CT molecular complexity index is 700. The first-order valence-electron chi connectivity index (χ1n) is 8.60. The number of benzene rings is 2. The van der Waals surface area contributed by atoms with E-state index in [1.807, 2.05) is 48.5 Å². The van der Waals surface area contributed by atoms with Crippen LogP contribution in [0.1, 0.15) is 31.7 Å². The molecule has 5 nitrogen and oxygen atoms in total. The van der Waals surface area contributed by atoms with Crippen molar-refractivity contribution in [2.24, 2.45) is 5.10 Å². The van der Waals surface area contributed by atoms with E-state index in [1.165, 1.54) is 12.8 Å². The van der Waals surface area contributed by atoms with E-state index in [-0.39, 0.29) is 12.5 Å². The van der Waals surface area contributed by atoms with Gasteiger partial charge in [0.15, 0.2) is 6.61 Å². The van der Waals surface area contributed by atoms with Gasteiger partial charge in [0.1, 0.15) is 11.5 Å². The molecule has 2 rings (SSSR count). The molecule has 26 heavy (non-hydrogen) atoms. The molecule has 0 unspecified atom stereocenters. The number of unbranched alkanes of at least 4 members (excludes halogenated alkanes) is 2. The van der Waals surface area contributed by atoms with Gasteiger partial charge in [0, 0.05) is 3.57 Å². The normalized spacial score (nSPS) is 10.7. The number of ether oxygens (including phenoxy) is 2. The van der Waals surface area contributed by atoms with Gasteiger partial charge in [-0.25, -0.2) is 5.43 Å². The monoisotopic (exact) mass is 466 g/mol. The number of halogens is 1. The molecule has 0 aliphatic rings. The highest BCUT2D eigenvalue weighted by molar-refractivity contribution is 14.1. The molecule has 0 bridgehead atoms. The summed E-state index contributed by atoms with van der Waals surface area (Å²) in [6.07, 6.45) is 5.01. The second-order valence-electron chi connectivity index (χ2n) is 5.66. The summed E-state index contributed by atoms with van der Waals surface area (Å²) in [7, 11) is 0. The zero-order valence-corrected chi connectivity index (χ0v) is 16.9. The first-order chi connectivity index (χ1) is 12.7. The third-order valence-electron chi connectivity index (χ3n) is 3.48. The van der Waals surface area contributed by atoms with Crippen LogP contribution in [0.4, 0.5) is 0 Å². The SMILES string of the molecule is CCCCCOc1ccc(/C=N/NC(=O)COc2ccc(I)cc2)cc1. The van der Waals surface area contributed by atoms with Crippen LogP contribution >= 0.6 is 22.6 Å². The predicted octanol–water partition coefficient (Wildman–Crippen LogP) is 4.39. The highest BCUT2D eigenvalue weighted by Gasteiger charge is 2.01. The van der Waals surface area contributed by atoms with Gasteiger partial charge in [-0.15, -0.1) is 0 Å². The second kappa shape index (κ2) is 11.5. The molecule has 138 valence electrons. The minimum absolute atomic E-state index is 0.0809. The summed E-state index contributed by atoms with van der Waals surface area (Å²) >= 11 is 2.21. The molecule has 2 aromatic rings. The quantitative estimate of drug-likeness (QED) is 0.245. The predicted molar refractivity (Wildman–Crippen MR) is 112 cm³/mol. The maximum Gasteiger partial charge on any atom is 0.277 e. The molecule has 0 atom stereocenters. The number of nitrogens with zero attached hydrogens (tertiary/aromatic N) is 1. The third-order valence-corrected chi connectivity index (χ3v) is 4.20. The summed E-state index contributed by atoms with van der Waals surface area (Å²) in [6, 6.07) is 15.1. The van der Waals surface area contributed by atoms with Crippen molar-refractivity contribution in [3.63, 3.8) is 0 Å². The fourth-order valence-corrected chi connectivity index (χ4v) is 2.44. The summed E-state index contributed by atoms with van der Waals surface area (Å²) < 4.78 is 12.2. The smallest absolute Gasteiger partial charge is 0.277 e. The summed E-state index contributed by atoms with van der Waals surface area (Å²) in [5.74, 6) is 1.18. The summed E-state index contributed by atoms with van der Waals surface area (Å²) in [4.78, 5) is 11.7. The lowest BCUT2D eigenvalue weighted by atomic mass is 10.2. The van der Waals surface area contributed by atoms with Crippen molar-refractivity contribution in [2.45, 2.75) is 26.2 Å². The average Bonchev–Trinajstić information content (AvgIpc) is 2.66. The number of carbonyl (C=O) groups is 1. The summed E-state index contributed by atoms with van der Waals surface area (Å²) in [5, 5.41) is 3.94. The largest absolute Gasteiger partial charge is 0.494 e. The van der Waals surface area contributed by atoms with Gasteiger partial charge in [-0.2, -0.15) is 5.10 Å². The molecule has 1 N–H and O–H groups in total. The Balaban J connectivity index is 1.70.